The van der Waals surface area contributed by atoms with E-state index in [1.54, 1.807) is 12.1 Å². The fraction of sp³-hybridized carbons (Fsp3) is 0.286. The molecule has 0 bridgehead atoms. The lowest BCUT2D eigenvalue weighted by atomic mass is 10.1. The standard InChI is InChI=1S/C14H13F2N3O2/c1-19-11(13(15)16)7-10(18-19)14(20)17-9-3-2-4-12-8(9)5-6-21-12/h2-4,7,13H,5-6H2,1H3,(H,17,20). The molecule has 0 saturated heterocycles. The van der Waals surface area contributed by atoms with Gasteiger partial charge in [-0.3, -0.25) is 9.48 Å². The number of hydrogen-bond donors (Lipinski definition) is 1. The van der Waals surface area contributed by atoms with Gasteiger partial charge in [-0.15, -0.1) is 0 Å². The van der Waals surface area contributed by atoms with Gasteiger partial charge in [-0.2, -0.15) is 5.10 Å². The van der Waals surface area contributed by atoms with Crippen LogP contribution in [0.3, 0.4) is 0 Å². The number of nitrogens with zero attached hydrogens (tertiary/aromatic N) is 2. The molecule has 21 heavy (non-hydrogen) atoms. The highest BCUT2D eigenvalue weighted by Gasteiger charge is 2.21. The van der Waals surface area contributed by atoms with Crippen LogP contribution >= 0.6 is 0 Å². The summed E-state index contributed by atoms with van der Waals surface area (Å²) in [5.41, 5.74) is 1.21. The first kappa shape index (κ1) is 13.5. The summed E-state index contributed by atoms with van der Waals surface area (Å²) in [5, 5.41) is 6.51. The van der Waals surface area contributed by atoms with E-state index < -0.39 is 12.3 Å². The quantitative estimate of drug-likeness (QED) is 0.946. The van der Waals surface area contributed by atoms with Gasteiger partial charge in [-0.1, -0.05) is 6.07 Å². The second kappa shape index (κ2) is 5.16. The van der Waals surface area contributed by atoms with Crippen LogP contribution in [0.2, 0.25) is 0 Å². The molecule has 1 aromatic carbocycles. The molecule has 0 saturated carbocycles. The minimum Gasteiger partial charge on any atom is -0.493 e. The van der Waals surface area contributed by atoms with E-state index in [9.17, 15) is 13.6 Å². The van der Waals surface area contributed by atoms with E-state index in [2.05, 4.69) is 10.4 Å². The Bertz CT molecular complexity index is 698. The molecule has 1 amide bonds. The molecule has 1 N–H and O–H groups in total. The number of anilines is 1. The Hall–Kier alpha value is -2.44. The number of fused-ring (bicyclic) bond motifs is 1. The highest BCUT2D eigenvalue weighted by molar-refractivity contribution is 6.03. The van der Waals surface area contributed by atoms with Gasteiger partial charge in [0, 0.05) is 24.7 Å². The summed E-state index contributed by atoms with van der Waals surface area (Å²) in [7, 11) is 1.38. The van der Waals surface area contributed by atoms with Crippen LogP contribution in [0, 0.1) is 0 Å². The maximum absolute atomic E-state index is 12.7. The maximum Gasteiger partial charge on any atom is 0.280 e. The molecule has 3 rings (SSSR count). The van der Waals surface area contributed by atoms with E-state index in [4.69, 9.17) is 4.74 Å². The number of amides is 1. The van der Waals surface area contributed by atoms with Gasteiger partial charge in [0.05, 0.1) is 6.61 Å². The fourth-order valence-electron chi connectivity index (χ4n) is 2.32. The third-order valence-corrected chi connectivity index (χ3v) is 3.36. The summed E-state index contributed by atoms with van der Waals surface area (Å²) >= 11 is 0. The Morgan fingerprint density at radius 1 is 1.48 bits per heavy atom. The minimum absolute atomic E-state index is 0.0377. The minimum atomic E-state index is -2.67. The van der Waals surface area contributed by atoms with Crippen molar-refractivity contribution >= 4 is 11.6 Å². The molecule has 0 atom stereocenters. The van der Waals surface area contributed by atoms with Crippen molar-refractivity contribution in [1.29, 1.82) is 0 Å². The Labute approximate surface area is 119 Å². The molecule has 5 nitrogen and oxygen atoms in total. The molecule has 2 aromatic rings. The largest absolute Gasteiger partial charge is 0.493 e. The summed E-state index contributed by atoms with van der Waals surface area (Å²) in [6.07, 6.45) is -1.96. The average molecular weight is 293 g/mol. The number of aromatic nitrogens is 2. The second-order valence-electron chi connectivity index (χ2n) is 4.71. The van der Waals surface area contributed by atoms with Crippen LogP contribution in [0.1, 0.15) is 28.2 Å². The van der Waals surface area contributed by atoms with Gasteiger partial charge in [0.2, 0.25) is 0 Å². The molecule has 0 radical (unpaired) electrons. The van der Waals surface area contributed by atoms with Gasteiger partial charge < -0.3 is 10.1 Å². The molecular weight excluding hydrogens is 280 g/mol. The van der Waals surface area contributed by atoms with Crippen molar-refractivity contribution in [2.24, 2.45) is 7.05 Å². The monoisotopic (exact) mass is 293 g/mol. The molecule has 0 unspecified atom stereocenters. The summed E-state index contributed by atoms with van der Waals surface area (Å²) in [5.74, 6) is 0.222. The second-order valence-corrected chi connectivity index (χ2v) is 4.71. The Kier molecular flexibility index (Phi) is 3.32. The average Bonchev–Trinajstić information content (AvgIpc) is 3.05. The number of aryl methyl sites for hydroxylation is 1. The molecule has 1 aliphatic heterocycles. The van der Waals surface area contributed by atoms with Crippen LogP contribution in [0.4, 0.5) is 14.5 Å². The number of nitrogens with one attached hydrogen (secondary N) is 1. The van der Waals surface area contributed by atoms with Crippen molar-refractivity contribution in [2.45, 2.75) is 12.8 Å². The maximum atomic E-state index is 12.7. The number of hydrogen-bond acceptors (Lipinski definition) is 3. The number of carbonyl (C=O) groups excluding carboxylic acids is 1. The van der Waals surface area contributed by atoms with Crippen molar-refractivity contribution in [1.82, 2.24) is 9.78 Å². The van der Waals surface area contributed by atoms with Gasteiger partial charge in [0.25, 0.3) is 12.3 Å². The van der Waals surface area contributed by atoms with Crippen molar-refractivity contribution < 1.29 is 18.3 Å². The number of alkyl halides is 2. The highest BCUT2D eigenvalue weighted by Crippen LogP contribution is 2.31. The zero-order valence-electron chi connectivity index (χ0n) is 11.3. The summed E-state index contributed by atoms with van der Waals surface area (Å²) in [4.78, 5) is 12.1. The molecule has 0 aliphatic carbocycles. The van der Waals surface area contributed by atoms with E-state index in [1.807, 2.05) is 6.07 Å². The first-order chi connectivity index (χ1) is 10.1. The van der Waals surface area contributed by atoms with Crippen LogP contribution in [0.25, 0.3) is 0 Å². The summed E-state index contributed by atoms with van der Waals surface area (Å²) < 4.78 is 31.8. The Morgan fingerprint density at radius 3 is 3.00 bits per heavy atom. The van der Waals surface area contributed by atoms with Gasteiger partial charge in [-0.25, -0.2) is 8.78 Å². The molecule has 1 aliphatic rings. The number of rotatable bonds is 3. The van der Waals surface area contributed by atoms with Gasteiger partial charge >= 0.3 is 0 Å². The molecule has 2 heterocycles. The van der Waals surface area contributed by atoms with E-state index in [-0.39, 0.29) is 11.4 Å². The predicted octanol–water partition coefficient (Wildman–Crippen LogP) is 2.54. The third-order valence-electron chi connectivity index (χ3n) is 3.36. The summed E-state index contributed by atoms with van der Waals surface area (Å²) in [6, 6.07) is 6.44. The Balaban J connectivity index is 1.84. The zero-order chi connectivity index (χ0) is 15.0. The molecule has 0 fully saturated rings. The fourth-order valence-corrected chi connectivity index (χ4v) is 2.32. The van der Waals surface area contributed by atoms with E-state index in [0.717, 1.165) is 22.1 Å². The number of halogens is 2. The van der Waals surface area contributed by atoms with Crippen LogP contribution in [-0.4, -0.2) is 22.3 Å². The van der Waals surface area contributed by atoms with Crippen molar-refractivity contribution in [3.05, 3.63) is 41.2 Å². The highest BCUT2D eigenvalue weighted by atomic mass is 19.3. The molecule has 7 heteroatoms. The molecule has 110 valence electrons. The Morgan fingerprint density at radius 2 is 2.29 bits per heavy atom. The number of carbonyl (C=O) groups is 1. The molecule has 0 spiro atoms. The third kappa shape index (κ3) is 2.46. The van der Waals surface area contributed by atoms with Crippen LogP contribution in [-0.2, 0) is 13.5 Å². The van der Waals surface area contributed by atoms with E-state index in [0.29, 0.717) is 18.7 Å². The smallest absolute Gasteiger partial charge is 0.280 e. The molecule has 1 aromatic heterocycles. The van der Waals surface area contributed by atoms with E-state index >= 15 is 0 Å². The van der Waals surface area contributed by atoms with Crippen LogP contribution in [0.15, 0.2) is 24.3 Å². The normalized spacial score (nSPS) is 13.1. The van der Waals surface area contributed by atoms with Gasteiger partial charge in [0.15, 0.2) is 5.69 Å². The van der Waals surface area contributed by atoms with Crippen LogP contribution in [0.5, 0.6) is 5.75 Å². The van der Waals surface area contributed by atoms with Crippen molar-refractivity contribution in [2.75, 3.05) is 11.9 Å². The van der Waals surface area contributed by atoms with Crippen LogP contribution < -0.4 is 10.1 Å². The SMILES string of the molecule is Cn1nc(C(=O)Nc2cccc3c2CCO3)cc1C(F)F. The zero-order valence-corrected chi connectivity index (χ0v) is 11.3. The van der Waals surface area contributed by atoms with Crippen molar-refractivity contribution in [3.63, 3.8) is 0 Å². The van der Waals surface area contributed by atoms with Gasteiger partial charge in [0.1, 0.15) is 11.4 Å². The number of ether oxygens (including phenoxy) is 1. The predicted molar refractivity (Wildman–Crippen MR) is 71.8 cm³/mol. The lowest BCUT2D eigenvalue weighted by Crippen LogP contribution is -2.14. The molecular formula is C14H13F2N3O2. The topological polar surface area (TPSA) is 56.2 Å². The first-order valence-electron chi connectivity index (χ1n) is 6.44. The lowest BCUT2D eigenvalue weighted by Gasteiger charge is -2.07. The first-order valence-corrected chi connectivity index (χ1v) is 6.44. The summed E-state index contributed by atoms with van der Waals surface area (Å²) in [6.45, 7) is 0.571. The van der Waals surface area contributed by atoms with E-state index in [1.165, 1.54) is 7.05 Å². The lowest BCUT2D eigenvalue weighted by molar-refractivity contribution is 0.102. The van der Waals surface area contributed by atoms with Gasteiger partial charge in [-0.05, 0) is 18.2 Å². The van der Waals surface area contributed by atoms with Crippen molar-refractivity contribution in [3.8, 4) is 5.75 Å². The number of benzene rings is 1.